The Bertz CT molecular complexity index is 1080. The second kappa shape index (κ2) is 6.35. The second-order valence-electron chi connectivity index (χ2n) is 5.82. The molecule has 1 aromatic heterocycles. The molecule has 0 atom stereocenters. The van der Waals surface area contributed by atoms with E-state index < -0.39 is 11.7 Å². The Kier molecular flexibility index (Phi) is 3.99. The zero-order valence-corrected chi connectivity index (χ0v) is 13.7. The third kappa shape index (κ3) is 3.57. The van der Waals surface area contributed by atoms with Crippen LogP contribution < -0.4 is 4.74 Å². The fraction of sp³-hybridized carbons (Fsp3) is 0.0500. The van der Waals surface area contributed by atoms with Gasteiger partial charge in [-0.05, 0) is 60.7 Å². The number of aromatic nitrogens is 1. The largest absolute Gasteiger partial charge is 0.508 e. The zero-order chi connectivity index (χ0) is 19.0. The number of fused-ring (bicyclic) bond motifs is 1. The van der Waals surface area contributed by atoms with E-state index in [1.165, 1.54) is 24.3 Å². The molecule has 0 radical (unpaired) electrons. The quantitative estimate of drug-likeness (QED) is 0.479. The molecule has 4 nitrogen and oxygen atoms in total. The monoisotopic (exact) mass is 371 g/mol. The van der Waals surface area contributed by atoms with E-state index in [9.17, 15) is 18.3 Å². The molecule has 1 N–H and O–H groups in total. The molecule has 4 rings (SSSR count). The molecule has 0 aliphatic rings. The minimum absolute atomic E-state index is 0.141. The number of rotatable bonds is 3. The van der Waals surface area contributed by atoms with Crippen LogP contribution in [0.1, 0.15) is 5.56 Å². The van der Waals surface area contributed by atoms with Crippen molar-refractivity contribution in [3.05, 3.63) is 72.3 Å². The highest BCUT2D eigenvalue weighted by Gasteiger charge is 2.30. The standard InChI is InChI=1S/C20H12F3NO3/c21-20(22,23)13-3-7-15(8-4-13)26-16-9-10-17-18(11-16)27-19(24-17)12-1-5-14(25)6-2-12/h1-11,25H. The van der Waals surface area contributed by atoms with Gasteiger partial charge in [-0.1, -0.05) is 0 Å². The van der Waals surface area contributed by atoms with Gasteiger partial charge in [-0.25, -0.2) is 4.98 Å². The van der Waals surface area contributed by atoms with Gasteiger partial charge in [-0.2, -0.15) is 13.2 Å². The molecule has 0 bridgehead atoms. The van der Waals surface area contributed by atoms with Crippen LogP contribution in [0.15, 0.2) is 71.1 Å². The van der Waals surface area contributed by atoms with E-state index in [2.05, 4.69) is 4.98 Å². The van der Waals surface area contributed by atoms with Crippen molar-refractivity contribution in [3.63, 3.8) is 0 Å². The number of alkyl halides is 3. The van der Waals surface area contributed by atoms with E-state index in [0.717, 1.165) is 12.1 Å². The van der Waals surface area contributed by atoms with E-state index in [1.807, 2.05) is 0 Å². The molecule has 0 spiro atoms. The van der Waals surface area contributed by atoms with E-state index in [-0.39, 0.29) is 11.5 Å². The van der Waals surface area contributed by atoms with Crippen molar-refractivity contribution in [2.45, 2.75) is 6.18 Å². The normalized spacial score (nSPS) is 11.7. The highest BCUT2D eigenvalue weighted by atomic mass is 19.4. The summed E-state index contributed by atoms with van der Waals surface area (Å²) >= 11 is 0. The van der Waals surface area contributed by atoms with Gasteiger partial charge in [0.25, 0.3) is 0 Å². The van der Waals surface area contributed by atoms with Crippen LogP contribution in [0.25, 0.3) is 22.6 Å². The molecule has 1 heterocycles. The summed E-state index contributed by atoms with van der Waals surface area (Å²) in [5.74, 6) is 1.22. The number of phenols is 1. The van der Waals surface area contributed by atoms with E-state index >= 15 is 0 Å². The van der Waals surface area contributed by atoms with Crippen molar-refractivity contribution >= 4 is 11.1 Å². The summed E-state index contributed by atoms with van der Waals surface area (Å²) in [6, 6.07) is 15.8. The lowest BCUT2D eigenvalue weighted by molar-refractivity contribution is -0.137. The highest BCUT2D eigenvalue weighted by molar-refractivity contribution is 5.77. The lowest BCUT2D eigenvalue weighted by atomic mass is 10.2. The van der Waals surface area contributed by atoms with Crippen molar-refractivity contribution in [1.29, 1.82) is 0 Å². The molecule has 0 aliphatic heterocycles. The Labute approximate surface area is 151 Å². The van der Waals surface area contributed by atoms with Crippen LogP contribution in [-0.4, -0.2) is 10.1 Å². The highest BCUT2D eigenvalue weighted by Crippen LogP contribution is 2.33. The molecule has 0 saturated heterocycles. The fourth-order valence-corrected chi connectivity index (χ4v) is 2.54. The van der Waals surface area contributed by atoms with E-state index in [1.54, 1.807) is 30.3 Å². The van der Waals surface area contributed by atoms with E-state index in [0.29, 0.717) is 28.3 Å². The minimum atomic E-state index is -4.39. The smallest absolute Gasteiger partial charge is 0.416 e. The van der Waals surface area contributed by atoms with Crippen LogP contribution in [0, 0.1) is 0 Å². The molecule has 0 aliphatic carbocycles. The van der Waals surface area contributed by atoms with Gasteiger partial charge in [0.15, 0.2) is 5.58 Å². The maximum Gasteiger partial charge on any atom is 0.416 e. The molecule has 7 heteroatoms. The third-order valence-corrected chi connectivity index (χ3v) is 3.89. The molecule has 0 unspecified atom stereocenters. The van der Waals surface area contributed by atoms with Crippen LogP contribution in [0.3, 0.4) is 0 Å². The summed E-state index contributed by atoms with van der Waals surface area (Å²) in [4.78, 5) is 4.37. The minimum Gasteiger partial charge on any atom is -0.508 e. The predicted octanol–water partition coefficient (Wildman–Crippen LogP) is 6.01. The van der Waals surface area contributed by atoms with Gasteiger partial charge in [0.2, 0.25) is 5.89 Å². The van der Waals surface area contributed by atoms with Crippen LogP contribution in [-0.2, 0) is 6.18 Å². The summed E-state index contributed by atoms with van der Waals surface area (Å²) in [6.45, 7) is 0. The molecule has 0 fully saturated rings. The number of oxazole rings is 1. The summed E-state index contributed by atoms with van der Waals surface area (Å²) < 4.78 is 49.1. The first-order chi connectivity index (χ1) is 12.9. The predicted molar refractivity (Wildman–Crippen MR) is 92.6 cm³/mol. The Balaban J connectivity index is 1.59. The Morgan fingerprint density at radius 3 is 2.19 bits per heavy atom. The van der Waals surface area contributed by atoms with Gasteiger partial charge in [-0.15, -0.1) is 0 Å². The van der Waals surface area contributed by atoms with Crippen molar-refractivity contribution < 1.29 is 27.4 Å². The van der Waals surface area contributed by atoms with Crippen LogP contribution in [0.4, 0.5) is 13.2 Å². The first kappa shape index (κ1) is 17.0. The van der Waals surface area contributed by atoms with E-state index in [4.69, 9.17) is 9.15 Å². The second-order valence-corrected chi connectivity index (χ2v) is 5.82. The van der Waals surface area contributed by atoms with Crippen molar-refractivity contribution in [1.82, 2.24) is 4.98 Å². The van der Waals surface area contributed by atoms with Crippen LogP contribution >= 0.6 is 0 Å². The number of hydrogen-bond donors (Lipinski definition) is 1. The number of aromatic hydroxyl groups is 1. The molecule has 136 valence electrons. The van der Waals surface area contributed by atoms with Crippen LogP contribution in [0.5, 0.6) is 17.2 Å². The number of nitrogens with zero attached hydrogens (tertiary/aromatic N) is 1. The fourth-order valence-electron chi connectivity index (χ4n) is 2.54. The first-order valence-electron chi connectivity index (χ1n) is 7.94. The number of hydrogen-bond acceptors (Lipinski definition) is 4. The third-order valence-electron chi connectivity index (χ3n) is 3.89. The number of phenolic OH excluding ortho intramolecular Hbond substituents is 1. The Hall–Kier alpha value is -3.48. The number of benzene rings is 3. The molecule has 0 saturated carbocycles. The lowest BCUT2D eigenvalue weighted by Gasteiger charge is -2.08. The lowest BCUT2D eigenvalue weighted by Crippen LogP contribution is -2.03. The van der Waals surface area contributed by atoms with Gasteiger partial charge < -0.3 is 14.3 Å². The summed E-state index contributed by atoms with van der Waals surface area (Å²) in [7, 11) is 0. The Morgan fingerprint density at radius 2 is 1.52 bits per heavy atom. The molecule has 3 aromatic carbocycles. The van der Waals surface area contributed by atoms with Gasteiger partial charge in [0.05, 0.1) is 5.56 Å². The van der Waals surface area contributed by atoms with Crippen molar-refractivity contribution in [2.24, 2.45) is 0 Å². The van der Waals surface area contributed by atoms with Crippen molar-refractivity contribution in [2.75, 3.05) is 0 Å². The molecular formula is C20H12F3NO3. The van der Waals surface area contributed by atoms with Crippen LogP contribution in [0.2, 0.25) is 0 Å². The Morgan fingerprint density at radius 1 is 0.852 bits per heavy atom. The summed E-state index contributed by atoms with van der Waals surface area (Å²) in [6.07, 6.45) is -4.39. The molecule has 27 heavy (non-hydrogen) atoms. The van der Waals surface area contributed by atoms with Gasteiger partial charge in [0.1, 0.15) is 22.8 Å². The average Bonchev–Trinajstić information content (AvgIpc) is 3.05. The SMILES string of the molecule is Oc1ccc(-c2nc3ccc(Oc4ccc(C(F)(F)F)cc4)cc3o2)cc1. The average molecular weight is 371 g/mol. The number of ether oxygens (including phenoxy) is 1. The molecule has 0 amide bonds. The summed E-state index contributed by atoms with van der Waals surface area (Å²) in [5.41, 5.74) is 1.05. The van der Waals surface area contributed by atoms with Gasteiger partial charge in [0, 0.05) is 11.6 Å². The number of halogens is 3. The van der Waals surface area contributed by atoms with Crippen molar-refractivity contribution in [3.8, 4) is 28.7 Å². The molecular weight excluding hydrogens is 359 g/mol. The zero-order valence-electron chi connectivity index (χ0n) is 13.7. The van der Waals surface area contributed by atoms with Gasteiger partial charge >= 0.3 is 6.18 Å². The summed E-state index contributed by atoms with van der Waals surface area (Å²) in [5, 5.41) is 9.35. The van der Waals surface area contributed by atoms with Gasteiger partial charge in [-0.3, -0.25) is 0 Å². The maximum absolute atomic E-state index is 12.6. The topological polar surface area (TPSA) is 55.5 Å². The maximum atomic E-state index is 12.6. The molecule has 4 aromatic rings. The first-order valence-corrected chi connectivity index (χ1v) is 7.94.